The van der Waals surface area contributed by atoms with Crippen LogP contribution in [0.5, 0.6) is 0 Å². The number of hydrogen-bond donors (Lipinski definition) is 0. The van der Waals surface area contributed by atoms with Gasteiger partial charge in [-0.3, -0.25) is 0 Å². The van der Waals surface area contributed by atoms with E-state index < -0.39 is 0 Å². The number of hydrogen-bond acceptors (Lipinski definition) is 2. The summed E-state index contributed by atoms with van der Waals surface area (Å²) in [6, 6.07) is 20.8. The maximum atomic E-state index is 6.10. The molecule has 0 saturated heterocycles. The largest absolute Gasteiger partial charge is 0.488 e. The van der Waals surface area contributed by atoms with Crippen LogP contribution in [0.1, 0.15) is 18.1 Å². The molecule has 0 amide bonds. The van der Waals surface area contributed by atoms with E-state index in [2.05, 4.69) is 55.5 Å². The summed E-state index contributed by atoms with van der Waals surface area (Å²) in [6.45, 7) is 2.12. The van der Waals surface area contributed by atoms with Crippen LogP contribution in [0.3, 0.4) is 0 Å². The van der Waals surface area contributed by atoms with Gasteiger partial charge in [0.1, 0.15) is 11.9 Å². The molecule has 0 fully saturated rings. The van der Waals surface area contributed by atoms with Gasteiger partial charge >= 0.3 is 0 Å². The van der Waals surface area contributed by atoms with Crippen molar-refractivity contribution in [3.8, 4) is 0 Å². The highest BCUT2D eigenvalue weighted by molar-refractivity contribution is 8.08. The molecular weight excluding hydrogens is 252 g/mol. The first-order chi connectivity index (χ1) is 9.34. The number of benzene rings is 2. The average Bonchev–Trinajstić information content (AvgIpc) is 2.49. The first-order valence-electron chi connectivity index (χ1n) is 6.49. The van der Waals surface area contributed by atoms with Crippen LogP contribution >= 0.6 is 11.8 Å². The monoisotopic (exact) mass is 268 g/mol. The predicted molar refractivity (Wildman–Crippen MR) is 82.7 cm³/mol. The van der Waals surface area contributed by atoms with Crippen molar-refractivity contribution in [1.29, 1.82) is 0 Å². The van der Waals surface area contributed by atoms with E-state index in [1.54, 1.807) is 0 Å². The van der Waals surface area contributed by atoms with Gasteiger partial charge in [0.2, 0.25) is 0 Å². The van der Waals surface area contributed by atoms with E-state index >= 15 is 0 Å². The van der Waals surface area contributed by atoms with Gasteiger partial charge in [0.25, 0.3) is 0 Å². The Morgan fingerprint density at radius 1 is 0.895 bits per heavy atom. The molecule has 0 aliphatic carbocycles. The summed E-state index contributed by atoms with van der Waals surface area (Å²) in [7, 11) is 0. The van der Waals surface area contributed by atoms with Gasteiger partial charge in [-0.25, -0.2) is 0 Å². The molecule has 2 heteroatoms. The molecular formula is C17H16OS. The molecule has 1 unspecified atom stereocenters. The highest BCUT2D eigenvalue weighted by atomic mass is 32.2. The third-order valence-electron chi connectivity index (χ3n) is 3.06. The lowest BCUT2D eigenvalue weighted by Gasteiger charge is -2.26. The fourth-order valence-corrected chi connectivity index (χ4v) is 3.22. The van der Waals surface area contributed by atoms with Gasteiger partial charge < -0.3 is 4.74 Å². The van der Waals surface area contributed by atoms with E-state index in [9.17, 15) is 0 Å². The van der Waals surface area contributed by atoms with Crippen molar-refractivity contribution >= 4 is 22.4 Å². The van der Waals surface area contributed by atoms with E-state index in [0.29, 0.717) is 0 Å². The zero-order valence-electron chi connectivity index (χ0n) is 10.9. The maximum absolute atomic E-state index is 6.10. The van der Waals surface area contributed by atoms with E-state index in [0.717, 1.165) is 17.1 Å². The van der Waals surface area contributed by atoms with Crippen LogP contribution in [0.2, 0.25) is 0 Å². The molecule has 3 rings (SSSR count). The molecule has 19 heavy (non-hydrogen) atoms. The van der Waals surface area contributed by atoms with Crippen LogP contribution in [-0.4, -0.2) is 11.9 Å². The highest BCUT2D eigenvalue weighted by Gasteiger charge is 2.22. The topological polar surface area (TPSA) is 9.23 Å². The van der Waals surface area contributed by atoms with Gasteiger partial charge in [-0.1, -0.05) is 60.7 Å². The van der Waals surface area contributed by atoms with Crippen molar-refractivity contribution in [2.24, 2.45) is 0 Å². The van der Waals surface area contributed by atoms with E-state index in [1.165, 1.54) is 10.5 Å². The molecule has 0 bridgehead atoms. The Kier molecular flexibility index (Phi) is 3.60. The van der Waals surface area contributed by atoms with Gasteiger partial charge in [0.05, 0.1) is 4.91 Å². The third-order valence-corrected chi connectivity index (χ3v) is 4.41. The normalized spacial score (nSPS) is 19.1. The van der Waals surface area contributed by atoms with Gasteiger partial charge in [0, 0.05) is 11.3 Å². The minimum absolute atomic E-state index is 0.257. The zero-order valence-corrected chi connectivity index (χ0v) is 11.7. The second-order valence-corrected chi connectivity index (χ2v) is 5.66. The van der Waals surface area contributed by atoms with Crippen molar-refractivity contribution in [2.45, 2.75) is 13.0 Å². The van der Waals surface area contributed by atoms with Crippen molar-refractivity contribution in [3.05, 3.63) is 71.8 Å². The van der Waals surface area contributed by atoms with Crippen LogP contribution in [0.25, 0.3) is 10.7 Å². The predicted octanol–water partition coefficient (Wildman–Crippen LogP) is 4.66. The molecule has 96 valence electrons. The average molecular weight is 268 g/mol. The quantitative estimate of drug-likeness (QED) is 0.783. The summed E-state index contributed by atoms with van der Waals surface area (Å²) < 4.78 is 6.10. The van der Waals surface area contributed by atoms with Crippen molar-refractivity contribution in [2.75, 3.05) is 5.75 Å². The Morgan fingerprint density at radius 3 is 2.11 bits per heavy atom. The molecule has 2 aromatic rings. The molecule has 2 aromatic carbocycles. The van der Waals surface area contributed by atoms with Crippen LogP contribution in [0.15, 0.2) is 60.7 Å². The lowest BCUT2D eigenvalue weighted by molar-refractivity contribution is 0.207. The Balaban J connectivity index is 2.10. The zero-order chi connectivity index (χ0) is 13.1. The molecule has 1 aliphatic heterocycles. The minimum atomic E-state index is 0.257. The molecule has 0 radical (unpaired) electrons. The smallest absolute Gasteiger partial charge is 0.141 e. The van der Waals surface area contributed by atoms with Crippen LogP contribution in [-0.2, 0) is 4.74 Å². The summed E-state index contributed by atoms with van der Waals surface area (Å²) >= 11 is 1.88. The first kappa shape index (κ1) is 12.4. The van der Waals surface area contributed by atoms with Crippen LogP contribution < -0.4 is 0 Å². The standard InChI is InChI=1S/C17H16OS/c1-13-12-19-17(15-10-6-3-7-11-15)16(18-13)14-8-4-2-5-9-14/h2-11,13H,12H2,1H3. The SMILES string of the molecule is CC1CSC(c2ccccc2)=C(c2ccccc2)O1. The summed E-state index contributed by atoms with van der Waals surface area (Å²) in [5, 5.41) is 0. The summed E-state index contributed by atoms with van der Waals surface area (Å²) in [5.74, 6) is 2.01. The van der Waals surface area contributed by atoms with E-state index in [1.807, 2.05) is 23.9 Å². The Morgan fingerprint density at radius 2 is 1.47 bits per heavy atom. The van der Waals surface area contributed by atoms with Crippen molar-refractivity contribution in [3.63, 3.8) is 0 Å². The van der Waals surface area contributed by atoms with Crippen molar-refractivity contribution < 1.29 is 4.74 Å². The molecule has 1 atom stereocenters. The number of rotatable bonds is 2. The molecule has 0 aromatic heterocycles. The third kappa shape index (κ3) is 2.69. The van der Waals surface area contributed by atoms with Gasteiger partial charge in [-0.05, 0) is 12.5 Å². The minimum Gasteiger partial charge on any atom is -0.488 e. The van der Waals surface area contributed by atoms with Gasteiger partial charge in [0.15, 0.2) is 0 Å². The number of thioether (sulfide) groups is 1. The Labute approximate surface area is 118 Å². The van der Waals surface area contributed by atoms with Gasteiger partial charge in [-0.2, -0.15) is 0 Å². The second-order valence-electron chi connectivity index (χ2n) is 4.63. The lowest BCUT2D eigenvalue weighted by Crippen LogP contribution is -2.15. The molecule has 1 nitrogen and oxygen atoms in total. The summed E-state index contributed by atoms with van der Waals surface area (Å²) in [6.07, 6.45) is 0.257. The Hall–Kier alpha value is -1.67. The molecule has 1 heterocycles. The summed E-state index contributed by atoms with van der Waals surface area (Å²) in [4.78, 5) is 1.24. The molecule has 0 spiro atoms. The molecule has 0 saturated carbocycles. The van der Waals surface area contributed by atoms with Crippen molar-refractivity contribution in [1.82, 2.24) is 0 Å². The second kappa shape index (κ2) is 5.54. The van der Waals surface area contributed by atoms with Gasteiger partial charge in [-0.15, -0.1) is 11.8 Å². The van der Waals surface area contributed by atoms with E-state index in [-0.39, 0.29) is 6.10 Å². The van der Waals surface area contributed by atoms with Crippen LogP contribution in [0, 0.1) is 0 Å². The first-order valence-corrected chi connectivity index (χ1v) is 7.48. The van der Waals surface area contributed by atoms with Crippen LogP contribution in [0.4, 0.5) is 0 Å². The fraction of sp³-hybridized carbons (Fsp3) is 0.176. The summed E-state index contributed by atoms with van der Waals surface area (Å²) in [5.41, 5.74) is 2.39. The number of ether oxygens (including phenoxy) is 1. The molecule has 1 aliphatic rings. The molecule has 0 N–H and O–H groups in total. The fourth-order valence-electron chi connectivity index (χ4n) is 2.15. The Bertz CT molecular complexity index is 575. The van der Waals surface area contributed by atoms with E-state index in [4.69, 9.17) is 4.74 Å². The maximum Gasteiger partial charge on any atom is 0.141 e. The highest BCUT2D eigenvalue weighted by Crippen LogP contribution is 2.40. The lowest BCUT2D eigenvalue weighted by atomic mass is 10.1.